The van der Waals surface area contributed by atoms with Gasteiger partial charge in [-0.15, -0.1) is 0 Å². The lowest BCUT2D eigenvalue weighted by atomic mass is 9.88. The highest BCUT2D eigenvalue weighted by Crippen LogP contribution is 2.27. The summed E-state index contributed by atoms with van der Waals surface area (Å²) < 4.78 is 0. The quantitative estimate of drug-likeness (QED) is 0.00535. The Kier molecular flexibility index (Phi) is 59.1. The SMILES string of the molecule is CC(=O)N[C@@H](CC(C)C)C(=O)N[C@H](C(=O)C(=O)[C@H](Cc1ccccc1)NN[C@](C)(CCCCCC/C=C/CCC[C@](C)(NC(=O)[C@H](CC(C)C)NN[C@@H](CCC(N)=O)C(=O)CN[C@@H](C)C(=O)CC(=O)[C@H](Cc1c[nH]c2ccccc12)/N=N\[C@H](C=O)CC1=CC=C(O)CC1)C(=O)CN[C@@H](C)C(=O)CCN[C@@H](C)C(=O)CCC(=O)[C@H](C)NCCC(=O)[C@H](C)NCCC(=O)[C@H](C)NCN[C@H](C)C(N)=O)C(=O)CN[C@@H](C)C(C)=O)[C@@H](C)O. The summed E-state index contributed by atoms with van der Waals surface area (Å²) in [7, 11) is 0. The predicted octanol–water partition coefficient (Wildman–Crippen LogP) is 4.64. The number of hydrogen-bond acceptors (Lipinski definition) is 35. The molecular weight excluding hydrogens is 1900 g/mol. The number of nitrogens with one attached hydrogen (secondary N) is 16. The number of nitrogens with zero attached hydrogens (tertiary/aromatic N) is 2. The van der Waals surface area contributed by atoms with Crippen molar-refractivity contribution in [3.05, 3.63) is 108 Å². The number of primary amides is 2. The summed E-state index contributed by atoms with van der Waals surface area (Å²) >= 11 is 0. The van der Waals surface area contributed by atoms with E-state index in [1.54, 1.807) is 111 Å². The molecule has 0 bridgehead atoms. The number of H-pyrrole nitrogens is 1. The zero-order chi connectivity index (χ0) is 111. The van der Waals surface area contributed by atoms with E-state index < -0.39 is 192 Å². The summed E-state index contributed by atoms with van der Waals surface area (Å²) in [5, 5.41) is 62.3. The van der Waals surface area contributed by atoms with Gasteiger partial charge in [-0.05, 0) is 195 Å². The van der Waals surface area contributed by atoms with E-state index in [0.29, 0.717) is 75.2 Å². The molecule has 0 saturated carbocycles. The fraction of sp³-hybridized carbons (Fsp3) is 0.636. The fourth-order valence-electron chi connectivity index (χ4n) is 16.2. The Morgan fingerprint density at radius 3 is 1.54 bits per heavy atom. The van der Waals surface area contributed by atoms with Crippen molar-refractivity contribution >= 4 is 122 Å². The third-order valence-corrected chi connectivity index (χ3v) is 26.6. The zero-order valence-corrected chi connectivity index (χ0v) is 89.7. The summed E-state index contributed by atoms with van der Waals surface area (Å²) in [5.41, 5.74) is 22.9. The van der Waals surface area contributed by atoms with Crippen LogP contribution in [-0.4, -0.2) is 280 Å². The summed E-state index contributed by atoms with van der Waals surface area (Å²) in [6, 6.07) is 1.81. The molecule has 2 aromatic carbocycles. The normalized spacial score (nSPS) is 16.4. The lowest BCUT2D eigenvalue weighted by Gasteiger charge is -2.33. The first-order chi connectivity index (χ1) is 69.9. The van der Waals surface area contributed by atoms with Crippen LogP contribution in [0.5, 0.6) is 0 Å². The van der Waals surface area contributed by atoms with Crippen LogP contribution < -0.4 is 91.7 Å². The van der Waals surface area contributed by atoms with Gasteiger partial charge in [0, 0.05) is 102 Å². The maximum Gasteiger partial charge on any atom is 0.243 e. The number of ketones is 13. The number of unbranched alkanes of at least 4 members (excludes halogenated alkanes) is 5. The molecule has 1 aliphatic carbocycles. The molecule has 0 radical (unpaired) electrons. The van der Waals surface area contributed by atoms with E-state index in [1.165, 1.54) is 27.7 Å². The maximum absolute atomic E-state index is 15.0. The van der Waals surface area contributed by atoms with Crippen LogP contribution >= 0.6 is 0 Å². The van der Waals surface area contributed by atoms with E-state index in [2.05, 4.69) is 95.4 Å². The molecule has 0 fully saturated rings. The minimum absolute atomic E-state index is 0.0303. The second-order valence-corrected chi connectivity index (χ2v) is 40.4. The molecule has 1 aromatic heterocycles. The number of fused-ring (bicyclic) bond motifs is 1. The molecule has 41 heteroatoms. The van der Waals surface area contributed by atoms with Gasteiger partial charge in [-0.1, -0.05) is 119 Å². The number of aromatic amines is 1. The molecule has 0 aliphatic heterocycles. The number of benzene rings is 2. The lowest BCUT2D eigenvalue weighted by Crippen LogP contribution is -2.63. The Bertz CT molecular complexity index is 5020. The molecule has 0 unspecified atom stereocenters. The van der Waals surface area contributed by atoms with Gasteiger partial charge in [-0.2, -0.15) is 10.2 Å². The number of nitrogens with two attached hydrogens (primary N) is 2. The number of aromatic nitrogens is 1. The van der Waals surface area contributed by atoms with Gasteiger partial charge in [0.1, 0.15) is 53.8 Å². The van der Waals surface area contributed by atoms with Crippen molar-refractivity contribution in [3.63, 3.8) is 0 Å². The van der Waals surface area contributed by atoms with E-state index in [4.69, 9.17) is 11.5 Å². The second kappa shape index (κ2) is 67.8. The molecule has 18 atom stereocenters. The number of carbonyl (C=O) groups is 19. The van der Waals surface area contributed by atoms with Crippen LogP contribution in [0.1, 0.15) is 270 Å². The molecule has 41 nitrogen and oxygen atoms in total. The Hall–Kier alpha value is -11.2. The number of hydrogen-bond donors (Lipinski definition) is 20. The number of hydrazine groups is 2. The third-order valence-electron chi connectivity index (χ3n) is 26.6. The van der Waals surface area contributed by atoms with Gasteiger partial charge in [-0.25, -0.2) is 21.7 Å². The molecule has 0 spiro atoms. The largest absolute Gasteiger partial charge is 0.512 e. The summed E-state index contributed by atoms with van der Waals surface area (Å²) in [6.45, 7) is 27.0. The standard InChI is InChI=1S/C107H168N20O21/c1-64(2)52-87(119-76(15)131)104(147)120-100(75(14)130)102(145)101(144)86(55-77-32-26-25-27-33-77)126-127-107(17,98(142)61-114-66(5)74(13)129)48-31-24-22-20-18-19-21-23-30-47-106(16,97(141)60-115-70(9)92(136)45-50-111-68(7)90(134)42-41-89(133)67(6)110-49-44-91(135)69(8)112-51-46-93(137)71(10)117-63-118-73(12)103(109)146)121-105(148)88(53-65(3)4)125-123-84(40-43-99(108)143)96(140)59-113-72(11)94(138)57-95(139)85(56-79-58-116-83-35-29-28-34-82(79)83)124-122-80(62-128)54-78-36-38-81(132)39-37-78/h19,21,25-29,32-36,38,58,62,64-73,75,80,84-88,100,110-118,123,125-127,130,132H,18,20,22-24,30-31,37,39-57,59-61,63H2,1-17H3,(H2,108,143)(H2,109,146)(H,119,131)(H,120,147)(H,121,148)/b21-19+,124-122-/t66-,67-,68-,69-,70-,71-,72-,73+,75+,80-,84-,85-,86-,87-,88-,100-,106-,107+/m0/s1. The van der Waals surface area contributed by atoms with E-state index in [9.17, 15) is 101 Å². The first-order valence-corrected chi connectivity index (χ1v) is 52.0. The molecule has 0 saturated heterocycles. The molecule has 148 heavy (non-hydrogen) atoms. The van der Waals surface area contributed by atoms with E-state index in [0.717, 1.165) is 16.5 Å². The minimum Gasteiger partial charge on any atom is -0.512 e. The highest BCUT2D eigenvalue weighted by molar-refractivity contribution is 6.41. The Labute approximate surface area is 870 Å². The van der Waals surface area contributed by atoms with Crippen molar-refractivity contribution in [3.8, 4) is 0 Å². The number of allylic oxidation sites excluding steroid dienone is 5. The van der Waals surface area contributed by atoms with Crippen molar-refractivity contribution in [2.75, 3.05) is 45.9 Å². The number of para-hydroxylation sites is 1. The molecule has 22 N–H and O–H groups in total. The molecule has 3 aromatic rings. The van der Waals surface area contributed by atoms with Crippen LogP contribution in [0.2, 0.25) is 0 Å². The van der Waals surface area contributed by atoms with Gasteiger partial charge < -0.3 is 79.3 Å². The molecule has 4 rings (SSSR count). The van der Waals surface area contributed by atoms with Crippen LogP contribution in [0.25, 0.3) is 10.9 Å². The monoisotopic (exact) mass is 2070 g/mol. The number of azo groups is 1. The van der Waals surface area contributed by atoms with Crippen LogP contribution in [0.4, 0.5) is 0 Å². The molecule has 822 valence electrons. The maximum atomic E-state index is 15.0. The first-order valence-electron chi connectivity index (χ1n) is 52.0. The first kappa shape index (κ1) is 129. The highest BCUT2D eigenvalue weighted by Gasteiger charge is 2.42. The fourth-order valence-corrected chi connectivity index (χ4v) is 16.2. The average molecular weight is 2070 g/mol. The number of carbonyl (C=O) groups excluding carboxylic acids is 19. The van der Waals surface area contributed by atoms with Crippen molar-refractivity contribution in [2.45, 2.75) is 380 Å². The molecule has 5 amide bonds. The van der Waals surface area contributed by atoms with Crippen molar-refractivity contribution in [1.29, 1.82) is 0 Å². The van der Waals surface area contributed by atoms with Crippen molar-refractivity contribution in [2.24, 2.45) is 33.5 Å². The minimum atomic E-state index is -1.71. The van der Waals surface area contributed by atoms with Gasteiger partial charge in [0.05, 0.1) is 109 Å². The number of amides is 5. The van der Waals surface area contributed by atoms with Crippen LogP contribution in [0.3, 0.4) is 0 Å². The predicted molar refractivity (Wildman–Crippen MR) is 564 cm³/mol. The summed E-state index contributed by atoms with van der Waals surface area (Å²) in [4.78, 5) is 259. The lowest BCUT2D eigenvalue weighted by molar-refractivity contribution is -0.142. The zero-order valence-electron chi connectivity index (χ0n) is 89.7. The number of aldehydes is 1. The number of aliphatic hydroxyl groups excluding tert-OH is 2. The molecular formula is C107H168N20O21. The number of Topliss-reactive ketones (excluding diaryl/α,β-unsaturated/α-hetero) is 13. The van der Waals surface area contributed by atoms with Gasteiger partial charge >= 0.3 is 0 Å². The third kappa shape index (κ3) is 48.6. The Morgan fingerprint density at radius 1 is 0.473 bits per heavy atom. The smallest absolute Gasteiger partial charge is 0.243 e. The number of rotatable bonds is 84. The Morgan fingerprint density at radius 2 is 0.986 bits per heavy atom. The number of aliphatic hydroxyl groups is 2. The second-order valence-electron chi connectivity index (χ2n) is 40.4. The molecule has 1 heterocycles. The summed E-state index contributed by atoms with van der Waals surface area (Å²) in [5.74, 6) is -9.26. The Balaban J connectivity index is 1.49. The van der Waals surface area contributed by atoms with Crippen LogP contribution in [-0.2, 0) is 104 Å². The highest BCUT2D eigenvalue weighted by atomic mass is 16.3. The van der Waals surface area contributed by atoms with Crippen LogP contribution in [0.15, 0.2) is 107 Å². The van der Waals surface area contributed by atoms with Gasteiger partial charge in [0.15, 0.2) is 46.3 Å². The van der Waals surface area contributed by atoms with E-state index >= 15 is 0 Å². The van der Waals surface area contributed by atoms with Gasteiger partial charge in [-0.3, -0.25) is 96.9 Å². The molecule has 1 aliphatic rings. The summed E-state index contributed by atoms with van der Waals surface area (Å²) in [6.07, 6.45) is 12.6. The van der Waals surface area contributed by atoms with Crippen LogP contribution in [0, 0.1) is 11.8 Å². The van der Waals surface area contributed by atoms with Crippen molar-refractivity contribution < 1.29 is 101 Å². The van der Waals surface area contributed by atoms with E-state index in [-0.39, 0.29) is 181 Å². The van der Waals surface area contributed by atoms with Crippen molar-refractivity contribution in [1.82, 2.24) is 85.2 Å². The topological polar surface area (TPSA) is 638 Å². The van der Waals surface area contributed by atoms with Gasteiger partial charge in [0.2, 0.25) is 41.1 Å². The average Bonchev–Trinajstić information content (AvgIpc) is 1.73. The van der Waals surface area contributed by atoms with E-state index in [1.807, 2.05) is 64.1 Å². The van der Waals surface area contributed by atoms with Gasteiger partial charge in [0.25, 0.3) is 0 Å².